The van der Waals surface area contributed by atoms with Crippen molar-refractivity contribution >= 4 is 21.9 Å². The summed E-state index contributed by atoms with van der Waals surface area (Å²) in [4.78, 5) is 26.4. The summed E-state index contributed by atoms with van der Waals surface area (Å²) in [6.07, 6.45) is 2.29. The Morgan fingerprint density at radius 3 is 2.23 bits per heavy atom. The number of carbonyl (C=O) groups excluding carboxylic acids is 2. The van der Waals surface area contributed by atoms with Crippen LogP contribution in [0.4, 0.5) is 13.6 Å². The second-order valence-electron chi connectivity index (χ2n) is 11.5. The van der Waals surface area contributed by atoms with E-state index in [1.807, 2.05) is 19.9 Å². The topological polar surface area (TPSA) is 137 Å². The highest BCUT2D eigenvalue weighted by atomic mass is 32.2. The third kappa shape index (κ3) is 12.1. The van der Waals surface area contributed by atoms with Gasteiger partial charge in [-0.05, 0) is 67.8 Å². The average molecular weight is 638 g/mol. The van der Waals surface area contributed by atoms with E-state index in [2.05, 4.69) is 10.6 Å². The first kappa shape index (κ1) is 35.4. The minimum absolute atomic E-state index is 0.0116. The van der Waals surface area contributed by atoms with E-state index in [0.717, 1.165) is 31.0 Å². The van der Waals surface area contributed by atoms with Gasteiger partial charge < -0.3 is 25.8 Å². The summed E-state index contributed by atoms with van der Waals surface area (Å²) in [5.41, 5.74) is 7.40. The molecule has 0 saturated heterocycles. The van der Waals surface area contributed by atoms with Crippen molar-refractivity contribution in [1.82, 2.24) is 10.6 Å². The molecule has 0 aromatic heterocycles. The lowest BCUT2D eigenvalue weighted by atomic mass is 10.0. The smallest absolute Gasteiger partial charge is 0.408 e. The molecule has 0 aliphatic heterocycles. The van der Waals surface area contributed by atoms with Crippen LogP contribution in [0.25, 0.3) is 0 Å². The predicted molar refractivity (Wildman–Crippen MR) is 164 cm³/mol. The number of rotatable bonds is 19. The fraction of sp³-hybridized carbons (Fsp3) is 0.562. The molecule has 1 aliphatic rings. The van der Waals surface area contributed by atoms with Gasteiger partial charge in [-0.3, -0.25) is 0 Å². The summed E-state index contributed by atoms with van der Waals surface area (Å²) >= 11 is 0. The number of alkyl carbamates (subject to hydrolysis) is 1. The van der Waals surface area contributed by atoms with Gasteiger partial charge >= 0.3 is 12.1 Å². The fourth-order valence-corrected chi connectivity index (χ4v) is 7.13. The maximum absolute atomic E-state index is 13.8. The van der Waals surface area contributed by atoms with Gasteiger partial charge in [-0.2, -0.15) is 0 Å². The zero-order chi connectivity index (χ0) is 32.1. The molecule has 2 aromatic rings. The van der Waals surface area contributed by atoms with Crippen molar-refractivity contribution in [2.45, 2.75) is 88.8 Å². The van der Waals surface area contributed by atoms with E-state index in [1.54, 1.807) is 24.3 Å². The number of halogens is 2. The highest BCUT2D eigenvalue weighted by Gasteiger charge is 2.35. The number of amides is 1. The number of hydrogen-bond acceptors (Lipinski definition) is 8. The third-order valence-electron chi connectivity index (χ3n) is 7.53. The van der Waals surface area contributed by atoms with E-state index >= 15 is 0 Å². The van der Waals surface area contributed by atoms with Gasteiger partial charge in [0, 0.05) is 18.7 Å². The summed E-state index contributed by atoms with van der Waals surface area (Å²) in [5, 5.41) is 4.94. The molecule has 1 amide bonds. The van der Waals surface area contributed by atoms with E-state index < -0.39 is 62.7 Å². The molecule has 3 atom stereocenters. The molecule has 2 aromatic carbocycles. The minimum Gasteiger partial charge on any atom is -0.458 e. The number of nitrogens with two attached hydrogens (primary N) is 1. The van der Waals surface area contributed by atoms with Gasteiger partial charge in [-0.1, -0.05) is 57.0 Å². The predicted octanol–water partition coefficient (Wildman–Crippen LogP) is 4.42. The monoisotopic (exact) mass is 637 g/mol. The van der Waals surface area contributed by atoms with Crippen molar-refractivity contribution in [3.05, 3.63) is 71.3 Å². The van der Waals surface area contributed by atoms with E-state index in [0.29, 0.717) is 43.7 Å². The SMILES string of the molecule is CCCC(CCC)S(=O)(=O)CC(NC(=O)OCc1ccccc1)C(=O)O[C@H](CNCC1CC1)[C@@H](N)Cc1cc(F)cc(F)c1. The van der Waals surface area contributed by atoms with Crippen LogP contribution >= 0.6 is 0 Å². The first-order valence-electron chi connectivity index (χ1n) is 15.3. The number of sulfone groups is 1. The third-order valence-corrected chi connectivity index (χ3v) is 9.82. The maximum atomic E-state index is 13.8. The zero-order valence-corrected chi connectivity index (χ0v) is 26.3. The van der Waals surface area contributed by atoms with Crippen LogP contribution in [0.1, 0.15) is 63.5 Å². The van der Waals surface area contributed by atoms with E-state index in [1.165, 1.54) is 0 Å². The Morgan fingerprint density at radius 2 is 1.64 bits per heavy atom. The summed E-state index contributed by atoms with van der Waals surface area (Å²) in [7, 11) is -3.84. The van der Waals surface area contributed by atoms with Crippen LogP contribution in [-0.4, -0.2) is 62.8 Å². The second kappa shape index (κ2) is 17.4. The molecule has 1 unspecified atom stereocenters. The molecular weight excluding hydrogens is 592 g/mol. The Labute approximate surface area is 259 Å². The van der Waals surface area contributed by atoms with Gasteiger partial charge in [-0.15, -0.1) is 0 Å². The number of benzene rings is 2. The van der Waals surface area contributed by atoms with Crippen LogP contribution in [0.15, 0.2) is 48.5 Å². The normalized spacial score (nSPS) is 15.4. The van der Waals surface area contributed by atoms with Gasteiger partial charge in [-0.25, -0.2) is 26.8 Å². The van der Waals surface area contributed by atoms with Crippen molar-refractivity contribution in [3.63, 3.8) is 0 Å². The molecule has 0 radical (unpaired) electrons. The van der Waals surface area contributed by atoms with Crippen LogP contribution in [-0.2, 0) is 37.1 Å². The Hall–Kier alpha value is -3.09. The Bertz CT molecular complexity index is 1280. The van der Waals surface area contributed by atoms with Crippen molar-refractivity contribution in [2.24, 2.45) is 11.7 Å². The van der Waals surface area contributed by atoms with Gasteiger partial charge in [0.25, 0.3) is 0 Å². The molecule has 0 spiro atoms. The molecule has 0 bridgehead atoms. The zero-order valence-electron chi connectivity index (χ0n) is 25.5. The van der Waals surface area contributed by atoms with Crippen molar-refractivity contribution in [2.75, 3.05) is 18.8 Å². The standard InChI is InChI=1S/C32H45F2N3O6S/c1-3-8-27(9-4-2)44(40,41)21-29(37-32(39)42-20-23-10-6-5-7-11-23)31(38)43-30(19-36-18-22-12-13-22)28(35)16-24-14-25(33)17-26(34)15-24/h5-7,10-11,14-15,17,22,27-30,36H,3-4,8-9,12-13,16,18-21,35H2,1-2H3,(H,37,39)/t28-,29?,30+/m0/s1. The lowest BCUT2D eigenvalue weighted by Gasteiger charge is -2.28. The van der Waals surface area contributed by atoms with E-state index in [9.17, 15) is 26.8 Å². The Balaban J connectivity index is 1.79. The summed E-state index contributed by atoms with van der Waals surface area (Å²) in [6.45, 7) is 4.49. The number of esters is 1. The van der Waals surface area contributed by atoms with Gasteiger partial charge in [0.1, 0.15) is 30.4 Å². The molecule has 9 nitrogen and oxygen atoms in total. The number of ether oxygens (including phenoxy) is 2. The van der Waals surface area contributed by atoms with E-state index in [-0.39, 0.29) is 25.1 Å². The fourth-order valence-electron chi connectivity index (χ4n) is 4.99. The highest BCUT2D eigenvalue weighted by molar-refractivity contribution is 7.92. The first-order chi connectivity index (χ1) is 21.0. The summed E-state index contributed by atoms with van der Waals surface area (Å²) in [5.74, 6) is -2.68. The molecule has 12 heteroatoms. The summed E-state index contributed by atoms with van der Waals surface area (Å²) in [6, 6.07) is 9.50. The minimum atomic E-state index is -3.84. The van der Waals surface area contributed by atoms with Crippen LogP contribution in [0.2, 0.25) is 0 Å². The lowest BCUT2D eigenvalue weighted by molar-refractivity contribution is -0.151. The van der Waals surface area contributed by atoms with Crippen LogP contribution < -0.4 is 16.4 Å². The molecular formula is C32H45F2N3O6S. The van der Waals surface area contributed by atoms with Crippen LogP contribution in [0.3, 0.4) is 0 Å². The van der Waals surface area contributed by atoms with Crippen molar-refractivity contribution < 1.29 is 36.3 Å². The maximum Gasteiger partial charge on any atom is 0.408 e. The van der Waals surface area contributed by atoms with Gasteiger partial charge in [0.2, 0.25) is 0 Å². The molecule has 44 heavy (non-hydrogen) atoms. The average Bonchev–Trinajstić information content (AvgIpc) is 3.79. The Kier molecular flexibility index (Phi) is 14.0. The number of carbonyl (C=O) groups is 2. The first-order valence-corrected chi connectivity index (χ1v) is 17.0. The highest BCUT2D eigenvalue weighted by Crippen LogP contribution is 2.27. The van der Waals surface area contributed by atoms with Crippen molar-refractivity contribution in [1.29, 1.82) is 0 Å². The molecule has 1 fully saturated rings. The molecule has 1 saturated carbocycles. The summed E-state index contributed by atoms with van der Waals surface area (Å²) < 4.78 is 65.6. The molecule has 244 valence electrons. The lowest BCUT2D eigenvalue weighted by Crippen LogP contribution is -2.52. The molecule has 3 rings (SSSR count). The van der Waals surface area contributed by atoms with Crippen LogP contribution in [0.5, 0.6) is 0 Å². The van der Waals surface area contributed by atoms with Gasteiger partial charge in [0.05, 0.1) is 11.0 Å². The van der Waals surface area contributed by atoms with Gasteiger partial charge in [0.15, 0.2) is 9.84 Å². The number of hydrogen-bond donors (Lipinski definition) is 3. The number of nitrogens with one attached hydrogen (secondary N) is 2. The quantitative estimate of drug-likeness (QED) is 0.193. The van der Waals surface area contributed by atoms with Crippen molar-refractivity contribution in [3.8, 4) is 0 Å². The largest absolute Gasteiger partial charge is 0.458 e. The van der Waals surface area contributed by atoms with E-state index in [4.69, 9.17) is 15.2 Å². The van der Waals surface area contributed by atoms with Crippen LogP contribution in [0, 0.1) is 17.6 Å². The Morgan fingerprint density at radius 1 is 1.00 bits per heavy atom. The molecule has 0 heterocycles. The molecule has 1 aliphatic carbocycles. The second-order valence-corrected chi connectivity index (χ2v) is 13.8. The molecule has 4 N–H and O–H groups in total.